The van der Waals surface area contributed by atoms with Gasteiger partial charge in [0, 0.05) is 50.8 Å². The van der Waals surface area contributed by atoms with Crippen LogP contribution >= 0.6 is 0 Å². The van der Waals surface area contributed by atoms with Crippen molar-refractivity contribution < 1.29 is 4.79 Å². The summed E-state index contributed by atoms with van der Waals surface area (Å²) in [5, 5.41) is 3.57. The maximum Gasteiger partial charge on any atom is 0.251 e. The molecule has 1 amide bonds. The number of nitrogens with one attached hydrogen (secondary N) is 1. The van der Waals surface area contributed by atoms with Gasteiger partial charge in [-0.15, -0.1) is 0 Å². The number of hydrogen-bond donors (Lipinski definition) is 1. The third-order valence-corrected chi connectivity index (χ3v) is 4.70. The Kier molecular flexibility index (Phi) is 5.28. The van der Waals surface area contributed by atoms with Gasteiger partial charge < -0.3 is 14.8 Å². The van der Waals surface area contributed by atoms with Crippen LogP contribution in [0.15, 0.2) is 41.5 Å². The fourth-order valence-electron chi connectivity index (χ4n) is 3.21. The first-order valence-corrected chi connectivity index (χ1v) is 8.58. The highest BCUT2D eigenvalue weighted by atomic mass is 16.2. The second-order valence-corrected chi connectivity index (χ2v) is 6.70. The standard InChI is InChI=1S/C19H24N4O2/c1-22(2)19(25)13-23-17-7-6-16(10-15(17)5-8-18(23)24)21-12-14-4-3-9-20-11-14/h3-5,8-9,11,16,21H,6-7,10,12-13H2,1-2H3. The van der Waals surface area contributed by atoms with Crippen LogP contribution in [0.2, 0.25) is 0 Å². The highest BCUT2D eigenvalue weighted by molar-refractivity contribution is 5.75. The fourth-order valence-corrected chi connectivity index (χ4v) is 3.21. The van der Waals surface area contributed by atoms with Crippen LogP contribution in [0.4, 0.5) is 0 Å². The summed E-state index contributed by atoms with van der Waals surface area (Å²) < 4.78 is 1.63. The number of rotatable bonds is 5. The number of carbonyl (C=O) groups is 1. The van der Waals surface area contributed by atoms with Gasteiger partial charge in [0.15, 0.2) is 0 Å². The Morgan fingerprint density at radius 1 is 1.36 bits per heavy atom. The van der Waals surface area contributed by atoms with E-state index >= 15 is 0 Å². The molecule has 0 bridgehead atoms. The van der Waals surface area contributed by atoms with Crippen molar-refractivity contribution >= 4 is 5.91 Å². The maximum absolute atomic E-state index is 12.2. The normalized spacial score (nSPS) is 16.3. The molecule has 25 heavy (non-hydrogen) atoms. The quantitative estimate of drug-likeness (QED) is 0.881. The number of aromatic nitrogens is 2. The molecule has 0 saturated heterocycles. The molecule has 1 aliphatic rings. The van der Waals surface area contributed by atoms with Crippen molar-refractivity contribution in [3.63, 3.8) is 0 Å². The predicted octanol–water partition coefficient (Wildman–Crippen LogP) is 0.979. The van der Waals surface area contributed by atoms with E-state index in [-0.39, 0.29) is 18.0 Å². The number of pyridine rings is 2. The average Bonchev–Trinajstić information content (AvgIpc) is 2.63. The number of hydrogen-bond acceptors (Lipinski definition) is 4. The summed E-state index contributed by atoms with van der Waals surface area (Å²) in [6.45, 7) is 0.898. The molecule has 132 valence electrons. The van der Waals surface area contributed by atoms with Crippen molar-refractivity contribution in [1.29, 1.82) is 0 Å². The molecule has 6 nitrogen and oxygen atoms in total. The fraction of sp³-hybridized carbons (Fsp3) is 0.421. The smallest absolute Gasteiger partial charge is 0.251 e. The van der Waals surface area contributed by atoms with E-state index in [2.05, 4.69) is 16.4 Å². The summed E-state index contributed by atoms with van der Waals surface area (Å²) in [6.07, 6.45) is 6.26. The van der Waals surface area contributed by atoms with Crippen LogP contribution in [0.5, 0.6) is 0 Å². The monoisotopic (exact) mass is 340 g/mol. The molecule has 0 spiro atoms. The van der Waals surface area contributed by atoms with Gasteiger partial charge >= 0.3 is 0 Å². The maximum atomic E-state index is 12.2. The summed E-state index contributed by atoms with van der Waals surface area (Å²) in [7, 11) is 3.42. The molecule has 2 aromatic heterocycles. The Hall–Kier alpha value is -2.47. The van der Waals surface area contributed by atoms with Gasteiger partial charge in [0.1, 0.15) is 6.54 Å². The molecule has 1 aliphatic carbocycles. The van der Waals surface area contributed by atoms with Gasteiger partial charge in [0.25, 0.3) is 5.56 Å². The van der Waals surface area contributed by atoms with Crippen LogP contribution in [0, 0.1) is 0 Å². The van der Waals surface area contributed by atoms with E-state index in [1.807, 2.05) is 18.3 Å². The molecule has 0 saturated carbocycles. The summed E-state index contributed by atoms with van der Waals surface area (Å²) in [5.74, 6) is -0.0627. The van der Waals surface area contributed by atoms with E-state index < -0.39 is 0 Å². The lowest BCUT2D eigenvalue weighted by atomic mass is 9.91. The summed E-state index contributed by atoms with van der Waals surface area (Å²) in [6, 6.07) is 7.84. The second-order valence-electron chi connectivity index (χ2n) is 6.70. The highest BCUT2D eigenvalue weighted by Gasteiger charge is 2.22. The lowest BCUT2D eigenvalue weighted by Crippen LogP contribution is -2.39. The lowest BCUT2D eigenvalue weighted by Gasteiger charge is -2.28. The summed E-state index contributed by atoms with van der Waals surface area (Å²) in [4.78, 5) is 29.9. The molecule has 2 heterocycles. The predicted molar refractivity (Wildman–Crippen MR) is 96.3 cm³/mol. The molecule has 0 radical (unpaired) electrons. The molecule has 1 N–H and O–H groups in total. The Bertz CT molecular complexity index is 799. The van der Waals surface area contributed by atoms with Crippen LogP contribution in [0.25, 0.3) is 0 Å². The van der Waals surface area contributed by atoms with Crippen LogP contribution in [0.3, 0.4) is 0 Å². The van der Waals surface area contributed by atoms with E-state index in [0.29, 0.717) is 6.04 Å². The average molecular weight is 340 g/mol. The number of fused-ring (bicyclic) bond motifs is 1. The summed E-state index contributed by atoms with van der Waals surface area (Å²) >= 11 is 0. The van der Waals surface area contributed by atoms with Gasteiger partial charge in [-0.1, -0.05) is 12.1 Å². The highest BCUT2D eigenvalue weighted by Crippen LogP contribution is 2.20. The third kappa shape index (κ3) is 4.14. The minimum absolute atomic E-state index is 0.0627. The molecule has 6 heteroatoms. The Morgan fingerprint density at radius 3 is 2.92 bits per heavy atom. The van der Waals surface area contributed by atoms with Crippen molar-refractivity contribution in [2.45, 2.75) is 38.4 Å². The minimum Gasteiger partial charge on any atom is -0.347 e. The number of carbonyl (C=O) groups excluding carboxylic acids is 1. The van der Waals surface area contributed by atoms with Crippen LogP contribution < -0.4 is 10.9 Å². The molecule has 2 aromatic rings. The van der Waals surface area contributed by atoms with Crippen molar-refractivity contribution in [2.24, 2.45) is 0 Å². The van der Waals surface area contributed by atoms with Crippen molar-refractivity contribution in [1.82, 2.24) is 19.8 Å². The van der Waals surface area contributed by atoms with Gasteiger partial charge in [0.05, 0.1) is 0 Å². The molecule has 1 atom stereocenters. The SMILES string of the molecule is CN(C)C(=O)Cn1c2c(ccc1=O)CC(NCc1cccnc1)CC2. The second kappa shape index (κ2) is 7.61. The van der Waals surface area contributed by atoms with Gasteiger partial charge in [-0.05, 0) is 36.5 Å². The molecular weight excluding hydrogens is 316 g/mol. The van der Waals surface area contributed by atoms with E-state index in [0.717, 1.165) is 42.6 Å². The Balaban J connectivity index is 1.71. The molecule has 0 fully saturated rings. The van der Waals surface area contributed by atoms with E-state index in [4.69, 9.17) is 0 Å². The largest absolute Gasteiger partial charge is 0.347 e. The van der Waals surface area contributed by atoms with Crippen molar-refractivity contribution in [2.75, 3.05) is 14.1 Å². The van der Waals surface area contributed by atoms with Crippen LogP contribution in [-0.2, 0) is 30.7 Å². The van der Waals surface area contributed by atoms with Crippen molar-refractivity contribution in [3.8, 4) is 0 Å². The van der Waals surface area contributed by atoms with Gasteiger partial charge in [0.2, 0.25) is 5.91 Å². The third-order valence-electron chi connectivity index (χ3n) is 4.70. The van der Waals surface area contributed by atoms with E-state index in [9.17, 15) is 9.59 Å². The zero-order valence-corrected chi connectivity index (χ0v) is 14.7. The van der Waals surface area contributed by atoms with Gasteiger partial charge in [-0.25, -0.2) is 0 Å². The topological polar surface area (TPSA) is 67.2 Å². The van der Waals surface area contributed by atoms with Crippen LogP contribution in [-0.4, -0.2) is 40.5 Å². The summed E-state index contributed by atoms with van der Waals surface area (Å²) in [5.41, 5.74) is 3.22. The zero-order chi connectivity index (χ0) is 17.8. The Morgan fingerprint density at radius 2 is 2.20 bits per heavy atom. The minimum atomic E-state index is -0.101. The number of nitrogens with zero attached hydrogens (tertiary/aromatic N) is 3. The molecule has 3 rings (SSSR count). The van der Waals surface area contributed by atoms with Crippen LogP contribution in [0.1, 0.15) is 23.2 Å². The zero-order valence-electron chi connectivity index (χ0n) is 14.7. The van der Waals surface area contributed by atoms with Gasteiger partial charge in [-0.2, -0.15) is 0 Å². The molecular formula is C19H24N4O2. The number of likely N-dealkylation sites (N-methyl/N-ethyl adjacent to an activating group) is 1. The van der Waals surface area contributed by atoms with E-state index in [1.165, 1.54) is 4.90 Å². The first-order valence-electron chi connectivity index (χ1n) is 8.58. The number of amides is 1. The first-order chi connectivity index (χ1) is 12.0. The molecule has 1 unspecified atom stereocenters. The molecule has 0 aromatic carbocycles. The molecule has 0 aliphatic heterocycles. The first kappa shape index (κ1) is 17.4. The van der Waals surface area contributed by atoms with Gasteiger partial charge in [-0.3, -0.25) is 14.6 Å². The van der Waals surface area contributed by atoms with E-state index in [1.54, 1.807) is 30.9 Å². The Labute approximate surface area is 147 Å². The lowest BCUT2D eigenvalue weighted by molar-refractivity contribution is -0.129. The van der Waals surface area contributed by atoms with Crippen molar-refractivity contribution in [3.05, 3.63) is 63.8 Å².